The number of benzene rings is 3. The van der Waals surface area contributed by atoms with Crippen molar-refractivity contribution < 1.29 is 0 Å². The van der Waals surface area contributed by atoms with Crippen molar-refractivity contribution in [3.05, 3.63) is 120 Å². The lowest BCUT2D eigenvalue weighted by Crippen LogP contribution is -2.24. The summed E-state index contributed by atoms with van der Waals surface area (Å²) in [6, 6.07) is 29.9. The molecule has 0 aliphatic heterocycles. The van der Waals surface area contributed by atoms with Crippen molar-refractivity contribution in [3.63, 3.8) is 0 Å². The highest BCUT2D eigenvalue weighted by molar-refractivity contribution is 7.98. The van der Waals surface area contributed by atoms with Crippen LogP contribution in [0.3, 0.4) is 0 Å². The Morgan fingerprint density at radius 3 is 1.72 bits per heavy atom. The van der Waals surface area contributed by atoms with E-state index in [1.807, 2.05) is 30.4 Å². The fourth-order valence-corrected chi connectivity index (χ4v) is 5.67. The molecule has 0 saturated heterocycles. The highest BCUT2D eigenvalue weighted by Crippen LogP contribution is 2.52. The zero-order valence-electron chi connectivity index (χ0n) is 20.1. The monoisotopic (exact) mass is 500 g/mol. The molecule has 0 aromatic heterocycles. The van der Waals surface area contributed by atoms with Gasteiger partial charge in [0.05, 0.1) is 12.1 Å². The maximum atomic E-state index is 10.4. The number of hydrogen-bond acceptors (Lipinski definition) is 4. The van der Waals surface area contributed by atoms with Gasteiger partial charge in [-0.3, -0.25) is 0 Å². The Balaban J connectivity index is 1.51. The van der Waals surface area contributed by atoms with Crippen LogP contribution in [0.4, 0.5) is 0 Å². The van der Waals surface area contributed by atoms with Gasteiger partial charge in [0.1, 0.15) is 0 Å². The van der Waals surface area contributed by atoms with Gasteiger partial charge >= 0.3 is 0 Å². The lowest BCUT2D eigenvalue weighted by atomic mass is 9.72. The topological polar surface area (TPSA) is 47.6 Å². The molecule has 2 aliphatic rings. The van der Waals surface area contributed by atoms with Crippen LogP contribution < -0.4 is 0 Å². The van der Waals surface area contributed by atoms with Gasteiger partial charge in [0.25, 0.3) is 0 Å². The van der Waals surface area contributed by atoms with Crippen LogP contribution in [0, 0.1) is 34.0 Å². The molecule has 4 heteroatoms. The van der Waals surface area contributed by atoms with Crippen LogP contribution in [-0.4, -0.2) is 12.5 Å². The van der Waals surface area contributed by atoms with E-state index in [2.05, 4.69) is 97.5 Å². The Labute approximate surface area is 221 Å². The number of allylic oxidation sites excluding steroid dienone is 8. The minimum Gasteiger partial charge on any atom is -0.196 e. The number of nitrogens with zero attached hydrogens (tertiary/aromatic N) is 2. The van der Waals surface area contributed by atoms with Gasteiger partial charge in [0.2, 0.25) is 0 Å². The van der Waals surface area contributed by atoms with Crippen molar-refractivity contribution in [2.45, 2.75) is 9.79 Å². The van der Waals surface area contributed by atoms with E-state index < -0.39 is 5.41 Å². The van der Waals surface area contributed by atoms with Gasteiger partial charge in [-0.15, -0.1) is 23.5 Å². The average Bonchev–Trinajstić information content (AvgIpc) is 3.09. The molecule has 0 bridgehead atoms. The van der Waals surface area contributed by atoms with Crippen molar-refractivity contribution in [2.24, 2.45) is 11.3 Å². The predicted molar refractivity (Wildman–Crippen MR) is 152 cm³/mol. The summed E-state index contributed by atoms with van der Waals surface area (Å²) in [5.74, 6) is -0.341. The van der Waals surface area contributed by atoms with Crippen molar-refractivity contribution in [1.29, 1.82) is 10.5 Å². The van der Waals surface area contributed by atoms with Gasteiger partial charge in [0.15, 0.2) is 5.41 Å². The molecule has 5 rings (SSSR count). The van der Waals surface area contributed by atoms with E-state index in [1.165, 1.54) is 9.79 Å². The van der Waals surface area contributed by atoms with Crippen LogP contribution >= 0.6 is 23.5 Å². The average molecular weight is 501 g/mol. The summed E-state index contributed by atoms with van der Waals surface area (Å²) in [4.78, 5) is 2.43. The Morgan fingerprint density at radius 2 is 1.19 bits per heavy atom. The van der Waals surface area contributed by atoms with E-state index in [0.29, 0.717) is 0 Å². The zero-order chi connectivity index (χ0) is 25.1. The molecule has 0 heterocycles. The quantitative estimate of drug-likeness (QED) is 0.330. The van der Waals surface area contributed by atoms with Crippen molar-refractivity contribution in [2.75, 3.05) is 12.5 Å². The highest BCUT2D eigenvalue weighted by Gasteiger charge is 2.49. The van der Waals surface area contributed by atoms with Gasteiger partial charge in [-0.05, 0) is 75.8 Å². The Hall–Kier alpha value is -3.70. The molecule has 36 heavy (non-hydrogen) atoms. The summed E-state index contributed by atoms with van der Waals surface area (Å²) in [7, 11) is 0. The summed E-state index contributed by atoms with van der Waals surface area (Å²) in [5.41, 5.74) is 5.71. The molecule has 2 aliphatic carbocycles. The lowest BCUT2D eigenvalue weighted by molar-refractivity contribution is 0.579. The summed E-state index contributed by atoms with van der Waals surface area (Å²) in [6.45, 7) is 0. The van der Waals surface area contributed by atoms with E-state index in [0.717, 1.165) is 39.0 Å². The molecule has 0 amide bonds. The third-order valence-electron chi connectivity index (χ3n) is 6.87. The maximum absolute atomic E-state index is 10.4. The summed E-state index contributed by atoms with van der Waals surface area (Å²) >= 11 is 3.43. The standard InChI is InChI=1S/C32H24N2S2/c1-35-28-14-10-23(11-15-28)22-6-8-25(9-7-22)30-19-27-5-3-4-26(18-31(27)32(30,20-33)21-34)24-12-16-29(36-2)17-13-24/h3-19,31H,1-2H3. The molecule has 0 fully saturated rings. The van der Waals surface area contributed by atoms with Crippen molar-refractivity contribution in [3.8, 4) is 23.3 Å². The van der Waals surface area contributed by atoms with Crippen LogP contribution in [-0.2, 0) is 0 Å². The smallest absolute Gasteiger partial charge is 0.179 e. The van der Waals surface area contributed by atoms with Gasteiger partial charge < -0.3 is 0 Å². The lowest BCUT2D eigenvalue weighted by Gasteiger charge is -2.24. The molecule has 2 nitrogen and oxygen atoms in total. The van der Waals surface area contributed by atoms with Crippen LogP contribution in [0.5, 0.6) is 0 Å². The van der Waals surface area contributed by atoms with E-state index in [-0.39, 0.29) is 5.92 Å². The summed E-state index contributed by atoms with van der Waals surface area (Å²) in [6.07, 6.45) is 14.3. The molecule has 3 aromatic carbocycles. The fourth-order valence-electron chi connectivity index (χ4n) is 4.86. The largest absolute Gasteiger partial charge is 0.196 e. The number of nitriles is 2. The molecular formula is C32H24N2S2. The van der Waals surface area contributed by atoms with Gasteiger partial charge in [-0.1, -0.05) is 78.9 Å². The van der Waals surface area contributed by atoms with E-state index >= 15 is 0 Å². The number of rotatable bonds is 5. The van der Waals surface area contributed by atoms with Crippen molar-refractivity contribution in [1.82, 2.24) is 0 Å². The predicted octanol–water partition coefficient (Wildman–Crippen LogP) is 8.42. The van der Waals surface area contributed by atoms with Gasteiger partial charge in [0, 0.05) is 15.7 Å². The molecule has 0 saturated carbocycles. The van der Waals surface area contributed by atoms with Crippen LogP contribution in [0.2, 0.25) is 0 Å². The first-order valence-electron chi connectivity index (χ1n) is 11.7. The Bertz CT molecular complexity index is 1480. The highest BCUT2D eigenvalue weighted by atomic mass is 32.2. The van der Waals surface area contributed by atoms with Gasteiger partial charge in [-0.2, -0.15) is 10.5 Å². The normalized spacial score (nSPS) is 17.7. The first-order chi connectivity index (χ1) is 17.6. The van der Waals surface area contributed by atoms with Crippen molar-refractivity contribution >= 4 is 34.7 Å². The van der Waals surface area contributed by atoms with Crippen LogP contribution in [0.15, 0.2) is 119 Å². The fraction of sp³-hybridized carbons (Fsp3) is 0.125. The molecule has 0 N–H and O–H groups in total. The molecule has 0 spiro atoms. The van der Waals surface area contributed by atoms with Gasteiger partial charge in [-0.25, -0.2) is 0 Å². The number of thioether (sulfide) groups is 2. The molecule has 0 radical (unpaired) electrons. The minimum absolute atomic E-state index is 0.341. The molecule has 174 valence electrons. The van der Waals surface area contributed by atoms with Crippen LogP contribution in [0.1, 0.15) is 11.1 Å². The number of hydrogen-bond donors (Lipinski definition) is 0. The number of fused-ring (bicyclic) bond motifs is 1. The second-order valence-corrected chi connectivity index (χ2v) is 10.5. The third kappa shape index (κ3) is 4.24. The molecule has 3 aromatic rings. The Kier molecular flexibility index (Phi) is 6.75. The zero-order valence-corrected chi connectivity index (χ0v) is 21.7. The van der Waals surface area contributed by atoms with Crippen LogP contribution in [0.25, 0.3) is 22.3 Å². The first kappa shape index (κ1) is 24.0. The second kappa shape index (κ2) is 10.1. The SMILES string of the molecule is CSc1ccc(C2=CC3C(=CC=C2)C=C(c2ccc(-c4ccc(SC)cc4)cc2)C3(C#N)C#N)cc1. The Morgan fingerprint density at radius 1 is 0.694 bits per heavy atom. The maximum Gasteiger partial charge on any atom is 0.179 e. The van der Waals surface area contributed by atoms with E-state index in [1.54, 1.807) is 23.5 Å². The second-order valence-electron chi connectivity index (χ2n) is 8.75. The van der Waals surface area contributed by atoms with E-state index in [4.69, 9.17) is 0 Å². The first-order valence-corrected chi connectivity index (χ1v) is 14.1. The summed E-state index contributed by atoms with van der Waals surface area (Å²) < 4.78 is 0. The third-order valence-corrected chi connectivity index (χ3v) is 8.35. The molecular weight excluding hydrogens is 477 g/mol. The molecule has 1 atom stereocenters. The minimum atomic E-state index is -1.29. The molecule has 1 unspecified atom stereocenters. The van der Waals surface area contributed by atoms with E-state index in [9.17, 15) is 10.5 Å². The summed E-state index contributed by atoms with van der Waals surface area (Å²) in [5, 5.41) is 20.8.